The lowest BCUT2D eigenvalue weighted by Crippen LogP contribution is -2.54. The first-order valence-electron chi connectivity index (χ1n) is 6.03. The van der Waals surface area contributed by atoms with Crippen LogP contribution < -0.4 is 16.4 Å². The quantitative estimate of drug-likeness (QED) is 0.581. The van der Waals surface area contributed by atoms with Gasteiger partial charge in [0.1, 0.15) is 11.9 Å². The summed E-state index contributed by atoms with van der Waals surface area (Å²) in [5, 5.41) is 5.99. The van der Waals surface area contributed by atoms with Gasteiger partial charge in [-0.05, 0) is 25.1 Å². The third-order valence-corrected chi connectivity index (χ3v) is 4.47. The Hall–Kier alpha value is -1.38. The zero-order chi connectivity index (χ0) is 14.0. The summed E-state index contributed by atoms with van der Waals surface area (Å²) < 4.78 is 25.4. The molecule has 0 bridgehead atoms. The topological polar surface area (TPSA) is 105 Å². The Labute approximate surface area is 112 Å². The average molecular weight is 286 g/mol. The van der Waals surface area contributed by atoms with Crippen LogP contribution in [-0.4, -0.2) is 50.2 Å². The van der Waals surface area contributed by atoms with Crippen molar-refractivity contribution < 1.29 is 13.2 Å². The third-order valence-electron chi connectivity index (χ3n) is 3.18. The van der Waals surface area contributed by atoms with Crippen molar-refractivity contribution in [3.05, 3.63) is 23.9 Å². The highest BCUT2D eigenvalue weighted by molar-refractivity contribution is 7.88. The molecule has 2 atom stereocenters. The molecule has 0 aromatic rings. The van der Waals surface area contributed by atoms with Crippen molar-refractivity contribution >= 4 is 15.9 Å². The van der Waals surface area contributed by atoms with E-state index in [1.165, 1.54) is 16.6 Å². The Bertz CT molecular complexity index is 520. The fourth-order valence-electron chi connectivity index (χ4n) is 2.38. The average Bonchev–Trinajstić information content (AvgIpc) is 2.81. The lowest BCUT2D eigenvalue weighted by Gasteiger charge is -2.34. The summed E-state index contributed by atoms with van der Waals surface area (Å²) in [4.78, 5) is 11.2. The number of nitrogens with two attached hydrogens (primary N) is 1. The van der Waals surface area contributed by atoms with Crippen molar-refractivity contribution in [1.82, 2.24) is 14.9 Å². The minimum Gasteiger partial charge on any atom is -0.364 e. The highest BCUT2D eigenvalue weighted by Crippen LogP contribution is 2.18. The van der Waals surface area contributed by atoms with Crippen LogP contribution in [0.1, 0.15) is 6.42 Å². The van der Waals surface area contributed by atoms with Crippen molar-refractivity contribution in [3.8, 4) is 0 Å². The van der Waals surface area contributed by atoms with Gasteiger partial charge in [-0.1, -0.05) is 6.08 Å². The fraction of sp³-hybridized carbons (Fsp3) is 0.545. The Balaban J connectivity index is 2.23. The first kappa shape index (κ1) is 14.0. The number of hydrogen-bond donors (Lipinski definition) is 3. The van der Waals surface area contributed by atoms with Crippen LogP contribution in [0, 0.1) is 0 Å². The number of dihydropyridines is 1. The van der Waals surface area contributed by atoms with Gasteiger partial charge in [0.05, 0.1) is 6.26 Å². The predicted molar refractivity (Wildman–Crippen MR) is 71.3 cm³/mol. The van der Waals surface area contributed by atoms with Crippen molar-refractivity contribution in [3.63, 3.8) is 0 Å². The van der Waals surface area contributed by atoms with Gasteiger partial charge in [0, 0.05) is 12.6 Å². The van der Waals surface area contributed by atoms with E-state index in [2.05, 4.69) is 10.6 Å². The van der Waals surface area contributed by atoms with E-state index in [0.29, 0.717) is 6.54 Å². The molecule has 2 aliphatic rings. The van der Waals surface area contributed by atoms with E-state index >= 15 is 0 Å². The van der Waals surface area contributed by atoms with Crippen molar-refractivity contribution in [2.24, 2.45) is 5.73 Å². The number of primary amides is 1. The van der Waals surface area contributed by atoms with E-state index in [1.54, 1.807) is 12.2 Å². The second-order valence-corrected chi connectivity index (χ2v) is 6.55. The van der Waals surface area contributed by atoms with Crippen LogP contribution >= 0.6 is 0 Å². The Kier molecular flexibility index (Phi) is 3.93. The maximum absolute atomic E-state index is 12.0. The van der Waals surface area contributed by atoms with Crippen LogP contribution in [-0.2, 0) is 14.8 Å². The molecule has 1 amide bonds. The molecule has 1 saturated heterocycles. The smallest absolute Gasteiger partial charge is 0.264 e. The highest BCUT2D eigenvalue weighted by Gasteiger charge is 2.35. The van der Waals surface area contributed by atoms with Crippen LogP contribution in [0.25, 0.3) is 0 Å². The van der Waals surface area contributed by atoms with E-state index in [0.717, 1.165) is 13.0 Å². The molecule has 0 spiro atoms. The highest BCUT2D eigenvalue weighted by atomic mass is 32.2. The second kappa shape index (κ2) is 5.32. The summed E-state index contributed by atoms with van der Waals surface area (Å²) in [6, 6.07) is -0.121. The Morgan fingerprint density at radius 2 is 2.26 bits per heavy atom. The number of allylic oxidation sites excluding steroid dienone is 2. The summed E-state index contributed by atoms with van der Waals surface area (Å²) in [7, 11) is -3.40. The van der Waals surface area contributed by atoms with Crippen molar-refractivity contribution in [1.29, 1.82) is 0 Å². The maximum atomic E-state index is 12.0. The molecule has 0 radical (unpaired) electrons. The van der Waals surface area contributed by atoms with Gasteiger partial charge >= 0.3 is 0 Å². The molecule has 4 N–H and O–H groups in total. The maximum Gasteiger partial charge on any atom is 0.264 e. The number of rotatable bonds is 4. The van der Waals surface area contributed by atoms with Gasteiger partial charge in [0.25, 0.3) is 5.91 Å². The molecule has 0 aliphatic carbocycles. The normalized spacial score (nSPS) is 27.2. The lowest BCUT2D eigenvalue weighted by molar-refractivity contribution is -0.115. The first-order chi connectivity index (χ1) is 8.89. The molecular weight excluding hydrogens is 268 g/mol. The van der Waals surface area contributed by atoms with Gasteiger partial charge in [0.2, 0.25) is 10.0 Å². The fourth-order valence-corrected chi connectivity index (χ4v) is 3.63. The molecule has 8 heteroatoms. The zero-order valence-electron chi connectivity index (χ0n) is 10.7. The standard InChI is InChI=1S/C11H18N4O3S/c1-19(17,18)15(8-5-6-13-7-8)10-4-2-3-9(14-10)11(12)16/h2-4,8,10,13-14H,5-7H2,1H3,(H2,12,16)/t8-,10?/m0/s1. The van der Waals surface area contributed by atoms with Gasteiger partial charge in [-0.25, -0.2) is 8.42 Å². The summed E-state index contributed by atoms with van der Waals surface area (Å²) in [5.74, 6) is -0.604. The largest absolute Gasteiger partial charge is 0.364 e. The minimum absolute atomic E-state index is 0.121. The van der Waals surface area contributed by atoms with Gasteiger partial charge in [-0.3, -0.25) is 4.79 Å². The summed E-state index contributed by atoms with van der Waals surface area (Å²) >= 11 is 0. The Morgan fingerprint density at radius 3 is 2.79 bits per heavy atom. The molecule has 19 heavy (non-hydrogen) atoms. The SMILES string of the molecule is CS(=O)(=O)N(C1C=CC=C(C(N)=O)N1)[C@H]1CCNC1. The molecule has 106 valence electrons. The van der Waals surface area contributed by atoms with Gasteiger partial charge < -0.3 is 16.4 Å². The molecular formula is C11H18N4O3S. The van der Waals surface area contributed by atoms with E-state index in [4.69, 9.17) is 5.73 Å². The van der Waals surface area contributed by atoms with E-state index in [-0.39, 0.29) is 11.7 Å². The molecule has 7 nitrogen and oxygen atoms in total. The number of nitrogens with one attached hydrogen (secondary N) is 2. The summed E-state index contributed by atoms with van der Waals surface area (Å²) in [6.45, 7) is 1.39. The van der Waals surface area contributed by atoms with Crippen molar-refractivity contribution in [2.45, 2.75) is 18.6 Å². The van der Waals surface area contributed by atoms with Gasteiger partial charge in [-0.15, -0.1) is 0 Å². The van der Waals surface area contributed by atoms with E-state index in [9.17, 15) is 13.2 Å². The van der Waals surface area contributed by atoms with Crippen molar-refractivity contribution in [2.75, 3.05) is 19.3 Å². The second-order valence-electron chi connectivity index (χ2n) is 4.66. The van der Waals surface area contributed by atoms with Gasteiger partial charge in [0.15, 0.2) is 0 Å². The molecule has 0 saturated carbocycles. The number of amides is 1. The predicted octanol–water partition coefficient (Wildman–Crippen LogP) is -1.54. The Morgan fingerprint density at radius 1 is 1.53 bits per heavy atom. The molecule has 0 aromatic heterocycles. The third kappa shape index (κ3) is 3.14. The lowest BCUT2D eigenvalue weighted by atomic mass is 10.2. The number of carbonyl (C=O) groups excluding carboxylic acids is 1. The van der Waals surface area contributed by atoms with E-state index in [1.807, 2.05) is 0 Å². The molecule has 2 heterocycles. The molecule has 1 fully saturated rings. The molecule has 2 rings (SSSR count). The monoisotopic (exact) mass is 286 g/mol. The molecule has 1 unspecified atom stereocenters. The number of hydrogen-bond acceptors (Lipinski definition) is 5. The molecule has 2 aliphatic heterocycles. The van der Waals surface area contributed by atoms with Crippen LogP contribution in [0.15, 0.2) is 23.9 Å². The first-order valence-corrected chi connectivity index (χ1v) is 7.88. The van der Waals surface area contributed by atoms with Gasteiger partial charge in [-0.2, -0.15) is 4.31 Å². The minimum atomic E-state index is -3.40. The molecule has 0 aromatic carbocycles. The number of carbonyl (C=O) groups is 1. The number of sulfonamides is 1. The zero-order valence-corrected chi connectivity index (χ0v) is 11.5. The number of nitrogens with zero attached hydrogens (tertiary/aromatic N) is 1. The summed E-state index contributed by atoms with van der Waals surface area (Å²) in [5.41, 5.74) is 5.42. The van der Waals surface area contributed by atoms with E-state index < -0.39 is 22.1 Å². The van der Waals surface area contributed by atoms with Crippen LogP contribution in [0.5, 0.6) is 0 Å². The van der Waals surface area contributed by atoms with Crippen LogP contribution in [0.4, 0.5) is 0 Å². The van der Waals surface area contributed by atoms with Crippen LogP contribution in [0.2, 0.25) is 0 Å². The summed E-state index contributed by atoms with van der Waals surface area (Å²) in [6.07, 6.45) is 6.21. The van der Waals surface area contributed by atoms with Crippen LogP contribution in [0.3, 0.4) is 0 Å².